The van der Waals surface area contributed by atoms with Crippen molar-refractivity contribution in [3.05, 3.63) is 0 Å². The molecule has 0 aliphatic heterocycles. The maximum absolute atomic E-state index is 13.2. The van der Waals surface area contributed by atoms with Crippen molar-refractivity contribution in [2.75, 3.05) is 13.2 Å². The Morgan fingerprint density at radius 2 is 1.19 bits per heavy atom. The van der Waals surface area contributed by atoms with Crippen molar-refractivity contribution in [2.45, 2.75) is 148 Å². The number of unbranched alkanes of at least 4 members (excludes halogenated alkanes) is 11. The lowest BCUT2D eigenvalue weighted by Gasteiger charge is -2.31. The van der Waals surface area contributed by atoms with E-state index in [9.17, 15) is 22.6 Å². The molecule has 36 heavy (non-hydrogen) atoms. The van der Waals surface area contributed by atoms with E-state index in [1.54, 1.807) is 0 Å². The Balaban J connectivity index is 5.34. The molecule has 0 spiro atoms. The van der Waals surface area contributed by atoms with Crippen LogP contribution in [0, 0.1) is 5.92 Å². The Hall–Kier alpha value is -1.15. The first-order valence-electron chi connectivity index (χ1n) is 14.5. The lowest BCUT2D eigenvalue weighted by Crippen LogP contribution is -2.50. The summed E-state index contributed by atoms with van der Waals surface area (Å²) >= 11 is 0. The fraction of sp³-hybridized carbons (Fsp3) is 0.929. The second-order valence-corrected chi connectivity index (χ2v) is 11.9. The van der Waals surface area contributed by atoms with Crippen molar-refractivity contribution in [3.63, 3.8) is 0 Å². The normalized spacial score (nSPS) is 14.2. The highest BCUT2D eigenvalue weighted by atomic mass is 32.2. The van der Waals surface area contributed by atoms with Gasteiger partial charge in [-0.05, 0) is 25.2 Å². The molecule has 0 aliphatic carbocycles. The van der Waals surface area contributed by atoms with Crippen molar-refractivity contribution in [1.29, 1.82) is 0 Å². The minimum atomic E-state index is -4.93. The van der Waals surface area contributed by atoms with Crippen molar-refractivity contribution in [2.24, 2.45) is 5.92 Å². The summed E-state index contributed by atoms with van der Waals surface area (Å²) in [5.41, 5.74) is 0. The molecule has 0 amide bonds. The second-order valence-electron chi connectivity index (χ2n) is 10.2. The first kappa shape index (κ1) is 34.9. The van der Waals surface area contributed by atoms with Crippen LogP contribution in [-0.2, 0) is 29.2 Å². The molecule has 0 rings (SSSR count). The summed E-state index contributed by atoms with van der Waals surface area (Å²) in [7, 11) is -4.93. The lowest BCUT2D eigenvalue weighted by atomic mass is 9.86. The van der Waals surface area contributed by atoms with Gasteiger partial charge in [0.05, 0.1) is 19.6 Å². The minimum absolute atomic E-state index is 0.0702. The highest BCUT2D eigenvalue weighted by Crippen LogP contribution is 2.35. The van der Waals surface area contributed by atoms with E-state index < -0.39 is 33.2 Å². The molecule has 0 bridgehead atoms. The average Bonchev–Trinajstić information content (AvgIpc) is 2.83. The van der Waals surface area contributed by atoms with Gasteiger partial charge >= 0.3 is 11.9 Å². The van der Waals surface area contributed by atoms with Gasteiger partial charge in [-0.15, -0.1) is 0 Å². The Labute approximate surface area is 221 Å². The van der Waals surface area contributed by atoms with E-state index in [4.69, 9.17) is 9.47 Å². The van der Waals surface area contributed by atoms with E-state index in [-0.39, 0.29) is 25.6 Å². The molecule has 0 aromatic rings. The van der Waals surface area contributed by atoms with E-state index >= 15 is 0 Å². The summed E-state index contributed by atoms with van der Waals surface area (Å²) in [6.07, 6.45) is 14.3. The number of carbonyl (C=O) groups is 2. The molecule has 7 nitrogen and oxygen atoms in total. The molecule has 0 saturated carbocycles. The van der Waals surface area contributed by atoms with E-state index in [1.807, 2.05) is 13.8 Å². The van der Waals surface area contributed by atoms with Crippen molar-refractivity contribution in [1.82, 2.24) is 0 Å². The fourth-order valence-corrected chi connectivity index (χ4v) is 5.49. The van der Waals surface area contributed by atoms with Gasteiger partial charge < -0.3 is 9.47 Å². The summed E-state index contributed by atoms with van der Waals surface area (Å²) in [5.74, 6) is -1.96. The largest absolute Gasteiger partial charge is 0.466 e. The van der Waals surface area contributed by atoms with Crippen LogP contribution in [-0.4, -0.2) is 42.9 Å². The van der Waals surface area contributed by atoms with E-state index in [2.05, 4.69) is 13.8 Å². The van der Waals surface area contributed by atoms with Crippen LogP contribution in [0.3, 0.4) is 0 Å². The van der Waals surface area contributed by atoms with Gasteiger partial charge in [-0.25, -0.2) is 0 Å². The molecule has 0 aliphatic rings. The van der Waals surface area contributed by atoms with Crippen molar-refractivity contribution in [3.8, 4) is 0 Å². The van der Waals surface area contributed by atoms with Gasteiger partial charge in [-0.2, -0.15) is 8.42 Å². The standard InChI is InChI=1S/C28H54O7S/c1-5-9-12-14-16-18-21-34-26(29)24-28(36(31,32)33,23-25(8-4)20-11-7-3)27(30)35-22-19-17-15-13-10-6-2/h25H,5-24H2,1-4H3,(H,31,32,33). The number of esters is 2. The molecule has 1 N–H and O–H groups in total. The summed E-state index contributed by atoms with van der Waals surface area (Å²) < 4.78 is 44.0. The van der Waals surface area contributed by atoms with Gasteiger partial charge in [0, 0.05) is 0 Å². The molecular weight excluding hydrogens is 480 g/mol. The highest BCUT2D eigenvalue weighted by Gasteiger charge is 2.54. The third-order valence-electron chi connectivity index (χ3n) is 6.95. The SMILES string of the molecule is CCCCCCCCOC(=O)CC(CC(CC)CCCC)(C(=O)OCCCCCCCC)S(=O)(=O)O. The van der Waals surface area contributed by atoms with Gasteiger partial charge in [0.1, 0.15) is 0 Å². The number of rotatable bonds is 24. The van der Waals surface area contributed by atoms with Crippen LogP contribution in [0.5, 0.6) is 0 Å². The van der Waals surface area contributed by atoms with Gasteiger partial charge in [-0.1, -0.05) is 118 Å². The topological polar surface area (TPSA) is 107 Å². The summed E-state index contributed by atoms with van der Waals surface area (Å²) in [6, 6.07) is 0. The van der Waals surface area contributed by atoms with Gasteiger partial charge in [0.15, 0.2) is 0 Å². The summed E-state index contributed by atoms with van der Waals surface area (Å²) in [6.45, 7) is 8.49. The second kappa shape index (κ2) is 20.9. The van der Waals surface area contributed by atoms with Crippen LogP contribution in [0.1, 0.15) is 143 Å². The van der Waals surface area contributed by atoms with Crippen LogP contribution in [0.4, 0.5) is 0 Å². The van der Waals surface area contributed by atoms with Crippen LogP contribution in [0.15, 0.2) is 0 Å². The molecule has 0 heterocycles. The molecule has 0 saturated heterocycles. The third kappa shape index (κ3) is 14.6. The van der Waals surface area contributed by atoms with E-state index in [0.717, 1.165) is 70.6 Å². The van der Waals surface area contributed by atoms with Crippen LogP contribution in [0.2, 0.25) is 0 Å². The average molecular weight is 535 g/mol. The Morgan fingerprint density at radius 1 is 0.722 bits per heavy atom. The molecule has 0 aromatic carbocycles. The zero-order valence-corrected chi connectivity index (χ0v) is 24.3. The van der Waals surface area contributed by atoms with Crippen LogP contribution in [0.25, 0.3) is 0 Å². The minimum Gasteiger partial charge on any atom is -0.466 e. The molecule has 2 atom stereocenters. The zero-order chi connectivity index (χ0) is 27.3. The molecular formula is C28H54O7S. The summed E-state index contributed by atoms with van der Waals surface area (Å²) in [5, 5.41) is 0. The number of hydrogen-bond donors (Lipinski definition) is 1. The molecule has 0 radical (unpaired) electrons. The number of carbonyl (C=O) groups excluding carboxylic acids is 2. The molecule has 0 aromatic heterocycles. The first-order chi connectivity index (χ1) is 17.2. The van der Waals surface area contributed by atoms with Gasteiger partial charge in [0.25, 0.3) is 10.1 Å². The quantitative estimate of drug-likeness (QED) is 0.0780. The summed E-state index contributed by atoms with van der Waals surface area (Å²) in [4.78, 5) is 25.9. The fourth-order valence-electron chi connectivity index (χ4n) is 4.47. The molecule has 214 valence electrons. The lowest BCUT2D eigenvalue weighted by molar-refractivity contribution is -0.154. The van der Waals surface area contributed by atoms with Crippen molar-refractivity contribution >= 4 is 22.1 Å². The zero-order valence-electron chi connectivity index (χ0n) is 23.5. The predicted molar refractivity (Wildman–Crippen MR) is 145 cm³/mol. The monoisotopic (exact) mass is 534 g/mol. The van der Waals surface area contributed by atoms with Crippen LogP contribution < -0.4 is 0 Å². The van der Waals surface area contributed by atoms with Crippen LogP contribution >= 0.6 is 0 Å². The van der Waals surface area contributed by atoms with E-state index in [1.165, 1.54) is 6.42 Å². The molecule has 8 heteroatoms. The number of ether oxygens (including phenoxy) is 2. The van der Waals surface area contributed by atoms with E-state index in [0.29, 0.717) is 25.7 Å². The Bertz CT molecular complexity index is 677. The third-order valence-corrected chi connectivity index (χ3v) is 8.41. The Morgan fingerprint density at radius 3 is 1.67 bits per heavy atom. The Kier molecular flexibility index (Phi) is 20.2. The highest BCUT2D eigenvalue weighted by molar-refractivity contribution is 7.88. The first-order valence-corrected chi connectivity index (χ1v) is 15.9. The predicted octanol–water partition coefficient (Wildman–Crippen LogP) is 7.42. The maximum atomic E-state index is 13.2. The molecule has 0 fully saturated rings. The number of hydrogen-bond acceptors (Lipinski definition) is 6. The van der Waals surface area contributed by atoms with Gasteiger partial charge in [-0.3, -0.25) is 14.1 Å². The van der Waals surface area contributed by atoms with Crippen molar-refractivity contribution < 1.29 is 32.0 Å². The van der Waals surface area contributed by atoms with Gasteiger partial charge in [0.2, 0.25) is 4.75 Å². The maximum Gasteiger partial charge on any atom is 0.330 e. The molecule has 2 unspecified atom stereocenters. The smallest absolute Gasteiger partial charge is 0.330 e.